The molecule has 2 rings (SSSR count). The molecule has 0 saturated heterocycles. The first-order valence-electron chi connectivity index (χ1n) is 6.85. The van der Waals surface area contributed by atoms with E-state index in [0.717, 1.165) is 4.90 Å². The van der Waals surface area contributed by atoms with Gasteiger partial charge in [-0.1, -0.05) is 11.6 Å². The number of halogens is 1. The molecule has 0 aliphatic carbocycles. The minimum Gasteiger partial charge on any atom is -0.399 e. The van der Waals surface area contributed by atoms with Crippen LogP contribution in [-0.4, -0.2) is 30.9 Å². The van der Waals surface area contributed by atoms with Crippen LogP contribution in [0.3, 0.4) is 0 Å². The molecular weight excluding hydrogens is 316 g/mol. The Morgan fingerprint density at radius 1 is 1.13 bits per heavy atom. The number of benzene rings is 1. The average Bonchev–Trinajstić information content (AvgIpc) is 2.48. The predicted octanol–water partition coefficient (Wildman–Crippen LogP) is 2.58. The molecule has 120 valence electrons. The molecule has 0 aliphatic heterocycles. The number of anilines is 3. The molecule has 0 fully saturated rings. The maximum atomic E-state index is 12.8. The Hall–Kier alpha value is -2.60. The first-order chi connectivity index (χ1) is 10.8. The second-order valence-electron chi connectivity index (χ2n) is 5.18. The molecule has 2 N–H and O–H groups in total. The lowest BCUT2D eigenvalue weighted by atomic mass is 10.2. The zero-order valence-corrected chi connectivity index (χ0v) is 13.8. The fourth-order valence-corrected chi connectivity index (χ4v) is 2.23. The number of nitrogens with zero attached hydrogens (tertiary/aromatic N) is 3. The van der Waals surface area contributed by atoms with Gasteiger partial charge in [-0.3, -0.25) is 9.59 Å². The van der Waals surface area contributed by atoms with Crippen molar-refractivity contribution in [1.82, 2.24) is 4.98 Å². The monoisotopic (exact) mass is 332 g/mol. The molecule has 0 aliphatic rings. The van der Waals surface area contributed by atoms with E-state index < -0.39 is 11.8 Å². The van der Waals surface area contributed by atoms with Gasteiger partial charge in [-0.25, -0.2) is 9.88 Å². The van der Waals surface area contributed by atoms with E-state index in [1.165, 1.54) is 13.0 Å². The summed E-state index contributed by atoms with van der Waals surface area (Å²) in [7, 11) is 3.57. The molecular formula is C16H17ClN4O2. The largest absolute Gasteiger partial charge is 0.399 e. The van der Waals surface area contributed by atoms with Gasteiger partial charge in [0.05, 0.1) is 5.69 Å². The fraction of sp³-hybridized carbons (Fsp3) is 0.188. The van der Waals surface area contributed by atoms with Gasteiger partial charge in [0.15, 0.2) is 0 Å². The number of nitrogen functional groups attached to an aromatic ring is 1. The van der Waals surface area contributed by atoms with E-state index in [1.54, 1.807) is 49.3 Å². The fourth-order valence-electron chi connectivity index (χ4n) is 2.03. The van der Waals surface area contributed by atoms with E-state index in [4.69, 9.17) is 17.3 Å². The molecule has 2 amide bonds. The zero-order valence-electron chi connectivity index (χ0n) is 13.1. The highest BCUT2D eigenvalue weighted by molar-refractivity contribution is 6.30. The number of hydrogen-bond acceptors (Lipinski definition) is 5. The number of rotatable bonds is 3. The van der Waals surface area contributed by atoms with Crippen LogP contribution in [0.4, 0.5) is 17.2 Å². The van der Waals surface area contributed by atoms with Crippen LogP contribution in [0.15, 0.2) is 36.4 Å². The van der Waals surface area contributed by atoms with Crippen molar-refractivity contribution in [3.8, 4) is 0 Å². The summed E-state index contributed by atoms with van der Waals surface area (Å²) in [5.74, 6) is -0.351. The normalized spacial score (nSPS) is 10.3. The second kappa shape index (κ2) is 6.66. The quantitative estimate of drug-likeness (QED) is 0.690. The molecule has 23 heavy (non-hydrogen) atoms. The Bertz CT molecular complexity index is 744. The van der Waals surface area contributed by atoms with E-state index in [-0.39, 0.29) is 10.7 Å². The van der Waals surface area contributed by atoms with Gasteiger partial charge in [0.25, 0.3) is 5.91 Å². The number of pyridine rings is 1. The topological polar surface area (TPSA) is 79.5 Å². The summed E-state index contributed by atoms with van der Waals surface area (Å²) in [6, 6.07) is 9.51. The summed E-state index contributed by atoms with van der Waals surface area (Å²) in [5, 5.41) is 0.181. The van der Waals surface area contributed by atoms with Crippen molar-refractivity contribution in [1.29, 1.82) is 0 Å². The third kappa shape index (κ3) is 3.78. The van der Waals surface area contributed by atoms with Crippen LogP contribution >= 0.6 is 11.6 Å². The molecule has 0 atom stereocenters. The van der Waals surface area contributed by atoms with Gasteiger partial charge in [-0.05, 0) is 36.4 Å². The molecule has 0 radical (unpaired) electrons. The lowest BCUT2D eigenvalue weighted by molar-refractivity contribution is -0.115. The first-order valence-corrected chi connectivity index (χ1v) is 7.23. The number of imide groups is 1. The molecule has 1 aromatic heterocycles. The Kier molecular flexibility index (Phi) is 4.86. The zero-order chi connectivity index (χ0) is 17.1. The van der Waals surface area contributed by atoms with Crippen LogP contribution in [0.5, 0.6) is 0 Å². The third-order valence-corrected chi connectivity index (χ3v) is 3.35. The van der Waals surface area contributed by atoms with E-state index in [2.05, 4.69) is 4.98 Å². The number of amides is 2. The van der Waals surface area contributed by atoms with Crippen molar-refractivity contribution < 1.29 is 9.59 Å². The Balaban J connectivity index is 2.46. The number of nitrogens with two attached hydrogens (primary N) is 1. The standard InChI is InChI=1S/C16H17ClN4O2/c1-10(22)21(13-6-4-12(18)5-7-13)16(23)11-8-14(17)19-15(9-11)20(2)3/h4-9H,18H2,1-3H3. The molecule has 0 spiro atoms. The SMILES string of the molecule is CC(=O)N(C(=O)c1cc(Cl)nc(N(C)C)c1)c1ccc(N)cc1. The van der Waals surface area contributed by atoms with Crippen LogP contribution in [0.25, 0.3) is 0 Å². The summed E-state index contributed by atoms with van der Waals surface area (Å²) >= 11 is 5.98. The average molecular weight is 333 g/mol. The Morgan fingerprint density at radius 2 is 1.74 bits per heavy atom. The van der Waals surface area contributed by atoms with Crippen LogP contribution in [0, 0.1) is 0 Å². The van der Waals surface area contributed by atoms with Crippen molar-refractivity contribution in [2.45, 2.75) is 6.92 Å². The lowest BCUT2D eigenvalue weighted by Gasteiger charge is -2.20. The Morgan fingerprint density at radius 3 is 2.26 bits per heavy atom. The summed E-state index contributed by atoms with van der Waals surface area (Å²) < 4.78 is 0. The number of carbonyl (C=O) groups is 2. The van der Waals surface area contributed by atoms with Crippen LogP contribution in [0.1, 0.15) is 17.3 Å². The minimum absolute atomic E-state index is 0.181. The van der Waals surface area contributed by atoms with Crippen LogP contribution < -0.4 is 15.5 Å². The summed E-state index contributed by atoms with van der Waals surface area (Å²) in [5.41, 5.74) is 6.91. The van der Waals surface area contributed by atoms with Gasteiger partial charge in [0.2, 0.25) is 5.91 Å². The number of aromatic nitrogens is 1. The Labute approximate surface area is 139 Å². The van der Waals surface area contributed by atoms with Gasteiger partial charge >= 0.3 is 0 Å². The molecule has 2 aromatic rings. The van der Waals surface area contributed by atoms with E-state index in [9.17, 15) is 9.59 Å². The molecule has 1 heterocycles. The molecule has 1 aromatic carbocycles. The van der Waals surface area contributed by atoms with Crippen LogP contribution in [-0.2, 0) is 4.79 Å². The minimum atomic E-state index is -0.477. The van der Waals surface area contributed by atoms with Crippen molar-refractivity contribution in [2.75, 3.05) is 29.6 Å². The highest BCUT2D eigenvalue weighted by atomic mass is 35.5. The first kappa shape index (κ1) is 16.8. The van der Waals surface area contributed by atoms with Crippen molar-refractivity contribution in [3.63, 3.8) is 0 Å². The highest BCUT2D eigenvalue weighted by Crippen LogP contribution is 2.22. The van der Waals surface area contributed by atoms with Gasteiger partial charge < -0.3 is 10.6 Å². The van der Waals surface area contributed by atoms with Crippen molar-refractivity contribution in [2.24, 2.45) is 0 Å². The van der Waals surface area contributed by atoms with Gasteiger partial charge in [-0.15, -0.1) is 0 Å². The summed E-state index contributed by atoms with van der Waals surface area (Å²) in [4.78, 5) is 31.7. The van der Waals surface area contributed by atoms with E-state index in [0.29, 0.717) is 17.2 Å². The predicted molar refractivity (Wildman–Crippen MR) is 91.9 cm³/mol. The van der Waals surface area contributed by atoms with Gasteiger partial charge in [0, 0.05) is 32.3 Å². The number of carbonyl (C=O) groups excluding carboxylic acids is 2. The maximum absolute atomic E-state index is 12.8. The maximum Gasteiger partial charge on any atom is 0.265 e. The number of hydrogen-bond donors (Lipinski definition) is 1. The molecule has 6 nitrogen and oxygen atoms in total. The second-order valence-corrected chi connectivity index (χ2v) is 5.57. The third-order valence-electron chi connectivity index (χ3n) is 3.15. The lowest BCUT2D eigenvalue weighted by Crippen LogP contribution is -2.35. The molecule has 0 saturated carbocycles. The van der Waals surface area contributed by atoms with Crippen molar-refractivity contribution in [3.05, 3.63) is 47.1 Å². The van der Waals surface area contributed by atoms with Crippen molar-refractivity contribution >= 4 is 40.6 Å². The van der Waals surface area contributed by atoms with Gasteiger partial charge in [-0.2, -0.15) is 0 Å². The molecule has 7 heteroatoms. The van der Waals surface area contributed by atoms with E-state index >= 15 is 0 Å². The smallest absolute Gasteiger partial charge is 0.265 e. The van der Waals surface area contributed by atoms with E-state index in [1.807, 2.05) is 0 Å². The summed E-state index contributed by atoms with van der Waals surface area (Å²) in [6.45, 7) is 1.32. The highest BCUT2D eigenvalue weighted by Gasteiger charge is 2.23. The molecule has 0 unspecified atom stereocenters. The molecule has 0 bridgehead atoms. The van der Waals surface area contributed by atoms with Gasteiger partial charge in [0.1, 0.15) is 11.0 Å². The van der Waals surface area contributed by atoms with Crippen LogP contribution in [0.2, 0.25) is 5.15 Å². The summed E-state index contributed by atoms with van der Waals surface area (Å²) in [6.07, 6.45) is 0.